The predicted molar refractivity (Wildman–Crippen MR) is 92.2 cm³/mol. The van der Waals surface area contributed by atoms with Crippen LogP contribution < -0.4 is 0 Å². The van der Waals surface area contributed by atoms with E-state index in [2.05, 4.69) is 0 Å². The van der Waals surface area contributed by atoms with Gasteiger partial charge in [-0.2, -0.15) is 0 Å². The van der Waals surface area contributed by atoms with Gasteiger partial charge in [0.05, 0.1) is 37.3 Å². The second-order valence-electron chi connectivity index (χ2n) is 8.23. The van der Waals surface area contributed by atoms with Gasteiger partial charge in [0.15, 0.2) is 0 Å². The van der Waals surface area contributed by atoms with Gasteiger partial charge in [0.25, 0.3) is 16.8 Å². The Labute approximate surface area is 154 Å². The lowest BCUT2D eigenvalue weighted by Gasteiger charge is -2.65. The number of hydrogen-bond acceptors (Lipinski definition) is 8. The third kappa shape index (κ3) is 1.98. The molecule has 0 N–H and O–H groups in total. The summed E-state index contributed by atoms with van der Waals surface area (Å²) in [5, 5.41) is 35.0. The average molecular weight is 377 g/mol. The number of nitrogens with zero attached hydrogens (tertiary/aromatic N) is 5. The fourth-order valence-electron chi connectivity index (χ4n) is 5.23. The number of non-ortho nitro benzene ring substituents is 1. The van der Waals surface area contributed by atoms with Gasteiger partial charge in [0.1, 0.15) is 5.41 Å². The molecule has 4 saturated heterocycles. The van der Waals surface area contributed by atoms with Crippen LogP contribution in [0.2, 0.25) is 0 Å². The largest absolute Gasteiger partial charge is 0.270 e. The lowest BCUT2D eigenvalue weighted by atomic mass is 9.53. The van der Waals surface area contributed by atoms with E-state index in [1.807, 2.05) is 0 Å². The molecule has 144 valence electrons. The van der Waals surface area contributed by atoms with Crippen LogP contribution in [0, 0.1) is 35.8 Å². The fraction of sp³-hybridized carbons (Fsp3) is 0.625. The van der Waals surface area contributed by atoms with E-state index in [-0.39, 0.29) is 47.9 Å². The van der Waals surface area contributed by atoms with E-state index in [1.165, 1.54) is 12.1 Å². The molecule has 4 bridgehead atoms. The summed E-state index contributed by atoms with van der Waals surface area (Å²) >= 11 is 0. The van der Waals surface area contributed by atoms with Crippen molar-refractivity contribution >= 4 is 5.69 Å². The SMILES string of the molecule is CC1(C)C2([N+](=O)[O-])CN3CC1([N+](=O)[O-])CN(C2)C3c1ccc([N+](=O)[O-])cc1. The Morgan fingerprint density at radius 2 is 1.26 bits per heavy atom. The highest BCUT2D eigenvalue weighted by Crippen LogP contribution is 2.58. The number of nitro benzene ring substituents is 1. The van der Waals surface area contributed by atoms with E-state index < -0.39 is 21.4 Å². The van der Waals surface area contributed by atoms with Crippen molar-refractivity contribution in [1.29, 1.82) is 0 Å². The number of rotatable bonds is 4. The molecule has 0 saturated carbocycles. The van der Waals surface area contributed by atoms with Crippen LogP contribution in [0.1, 0.15) is 25.6 Å². The number of nitro groups is 3. The van der Waals surface area contributed by atoms with Crippen molar-refractivity contribution in [3.63, 3.8) is 0 Å². The summed E-state index contributed by atoms with van der Waals surface area (Å²) in [6.07, 6.45) is -0.358. The first-order valence-electron chi connectivity index (χ1n) is 8.57. The molecule has 0 spiro atoms. The van der Waals surface area contributed by atoms with Gasteiger partial charge in [0.2, 0.25) is 0 Å². The Balaban J connectivity index is 1.79. The van der Waals surface area contributed by atoms with Crippen LogP contribution in [-0.4, -0.2) is 61.8 Å². The molecule has 0 aliphatic carbocycles. The van der Waals surface area contributed by atoms with E-state index in [1.54, 1.807) is 35.8 Å². The van der Waals surface area contributed by atoms with E-state index in [9.17, 15) is 30.3 Å². The number of hydrogen-bond donors (Lipinski definition) is 0. The Morgan fingerprint density at radius 3 is 1.59 bits per heavy atom. The summed E-state index contributed by atoms with van der Waals surface area (Å²) in [5.41, 5.74) is -3.28. The first kappa shape index (κ1) is 17.7. The van der Waals surface area contributed by atoms with Crippen LogP contribution in [0.5, 0.6) is 0 Å². The molecule has 4 aliphatic rings. The van der Waals surface area contributed by atoms with Crippen molar-refractivity contribution in [3.8, 4) is 0 Å². The summed E-state index contributed by atoms with van der Waals surface area (Å²) in [7, 11) is 0. The van der Waals surface area contributed by atoms with Gasteiger partial charge in [-0.15, -0.1) is 0 Å². The third-order valence-corrected chi connectivity index (χ3v) is 6.98. The first-order chi connectivity index (χ1) is 12.6. The van der Waals surface area contributed by atoms with Crippen molar-refractivity contribution in [1.82, 2.24) is 9.80 Å². The van der Waals surface area contributed by atoms with Crippen molar-refractivity contribution in [2.75, 3.05) is 26.2 Å². The predicted octanol–water partition coefficient (Wildman–Crippen LogP) is 1.30. The molecule has 4 heterocycles. The normalized spacial score (nSPS) is 38.5. The maximum absolute atomic E-state index is 12.1. The zero-order chi connectivity index (χ0) is 19.8. The standard InChI is InChI=1S/C16H19N5O6/c1-14(2)15(20(24)25)7-17-9-16(14,21(26)27)10-18(8-15)13(17)11-3-5-12(6-4-11)19(22)23/h3-6,13H,7-10H2,1-2H3. The molecule has 0 radical (unpaired) electrons. The lowest BCUT2D eigenvalue weighted by Crippen LogP contribution is -2.88. The second kappa shape index (κ2) is 5.20. The van der Waals surface area contributed by atoms with Crippen LogP contribution in [0.25, 0.3) is 0 Å². The van der Waals surface area contributed by atoms with Gasteiger partial charge < -0.3 is 0 Å². The smallest absolute Gasteiger partial charge is 0.269 e. The van der Waals surface area contributed by atoms with E-state index in [0.29, 0.717) is 0 Å². The molecule has 11 nitrogen and oxygen atoms in total. The molecule has 0 unspecified atom stereocenters. The van der Waals surface area contributed by atoms with Crippen molar-refractivity contribution in [3.05, 3.63) is 60.2 Å². The van der Waals surface area contributed by atoms with Crippen LogP contribution in [0.15, 0.2) is 24.3 Å². The highest BCUT2D eigenvalue weighted by Gasteiger charge is 2.81. The van der Waals surface area contributed by atoms with E-state index >= 15 is 0 Å². The molecule has 0 amide bonds. The van der Waals surface area contributed by atoms with Gasteiger partial charge in [-0.05, 0) is 31.5 Å². The summed E-state index contributed by atoms with van der Waals surface area (Å²) in [6.45, 7) is 3.72. The van der Waals surface area contributed by atoms with Gasteiger partial charge in [-0.3, -0.25) is 40.1 Å². The van der Waals surface area contributed by atoms with Crippen LogP contribution >= 0.6 is 0 Å². The topological polar surface area (TPSA) is 136 Å². The summed E-state index contributed by atoms with van der Waals surface area (Å²) in [5.74, 6) is 0. The minimum Gasteiger partial charge on any atom is -0.270 e. The summed E-state index contributed by atoms with van der Waals surface area (Å²) < 4.78 is 0. The van der Waals surface area contributed by atoms with Gasteiger partial charge >= 0.3 is 0 Å². The molecule has 4 fully saturated rings. The van der Waals surface area contributed by atoms with Crippen molar-refractivity contribution in [2.45, 2.75) is 31.1 Å². The minimum atomic E-state index is -1.44. The molecule has 4 aliphatic heterocycles. The summed E-state index contributed by atoms with van der Waals surface area (Å²) in [6, 6.07) is 6.01. The molecular formula is C16H19N5O6. The highest BCUT2D eigenvalue weighted by molar-refractivity contribution is 5.36. The van der Waals surface area contributed by atoms with E-state index in [0.717, 1.165) is 5.56 Å². The molecule has 1 aromatic rings. The van der Waals surface area contributed by atoms with Crippen molar-refractivity contribution in [2.24, 2.45) is 5.41 Å². The monoisotopic (exact) mass is 377 g/mol. The highest BCUT2D eigenvalue weighted by atomic mass is 16.6. The molecule has 27 heavy (non-hydrogen) atoms. The van der Waals surface area contributed by atoms with Gasteiger partial charge in [-0.1, -0.05) is 0 Å². The fourth-order valence-corrected chi connectivity index (χ4v) is 5.23. The average Bonchev–Trinajstić information content (AvgIpc) is 2.58. The third-order valence-electron chi connectivity index (χ3n) is 6.98. The maximum atomic E-state index is 12.1. The molecule has 0 atom stereocenters. The quantitative estimate of drug-likeness (QED) is 0.565. The second-order valence-corrected chi connectivity index (χ2v) is 8.23. The number of piperidine rings is 2. The van der Waals surface area contributed by atoms with E-state index in [4.69, 9.17) is 0 Å². The maximum Gasteiger partial charge on any atom is 0.269 e. The Kier molecular flexibility index (Phi) is 3.41. The van der Waals surface area contributed by atoms with Crippen LogP contribution in [0.3, 0.4) is 0 Å². The van der Waals surface area contributed by atoms with Crippen LogP contribution in [-0.2, 0) is 0 Å². The Bertz CT molecular complexity index is 801. The number of benzene rings is 1. The minimum absolute atomic E-state index is 0.0442. The molecule has 1 aromatic carbocycles. The first-order valence-corrected chi connectivity index (χ1v) is 8.57. The zero-order valence-corrected chi connectivity index (χ0v) is 14.9. The van der Waals surface area contributed by atoms with Gasteiger partial charge in [0, 0.05) is 22.0 Å². The zero-order valence-electron chi connectivity index (χ0n) is 14.9. The molecule has 0 aromatic heterocycles. The lowest BCUT2D eigenvalue weighted by molar-refractivity contribution is -0.679. The molecule has 11 heteroatoms. The molecule has 5 rings (SSSR count). The Hall–Kier alpha value is -2.66. The van der Waals surface area contributed by atoms with Crippen molar-refractivity contribution < 1.29 is 14.8 Å². The molecular weight excluding hydrogens is 358 g/mol. The van der Waals surface area contributed by atoms with Crippen LogP contribution in [0.4, 0.5) is 5.69 Å². The Morgan fingerprint density at radius 1 is 0.852 bits per heavy atom. The summed E-state index contributed by atoms with van der Waals surface area (Å²) in [4.78, 5) is 37.3. The van der Waals surface area contributed by atoms with Gasteiger partial charge in [-0.25, -0.2) is 0 Å².